The maximum atomic E-state index is 9.62. The van der Waals surface area contributed by atoms with E-state index < -0.39 is 5.03 Å². The van der Waals surface area contributed by atoms with Crippen molar-refractivity contribution in [1.29, 1.82) is 0 Å². The van der Waals surface area contributed by atoms with Crippen molar-refractivity contribution in [1.82, 2.24) is 5.01 Å². The second kappa shape index (κ2) is 5.16. The van der Waals surface area contributed by atoms with Crippen molar-refractivity contribution < 1.29 is 9.77 Å². The first-order chi connectivity index (χ1) is 7.15. The number of ether oxygens (including phenoxy) is 1. The third kappa shape index (κ3) is 3.82. The van der Waals surface area contributed by atoms with E-state index >= 15 is 0 Å². The number of para-hydroxylation sites is 1. The molecule has 1 unspecified atom stereocenters. The average Bonchev–Trinajstić information content (AvgIpc) is 2.98. The maximum absolute atomic E-state index is 9.62. The van der Waals surface area contributed by atoms with E-state index in [2.05, 4.69) is 0 Å². The zero-order valence-corrected chi connectivity index (χ0v) is 8.37. The molecule has 0 saturated carbocycles. The molecule has 15 heavy (non-hydrogen) atoms. The third-order valence-corrected chi connectivity index (χ3v) is 1.81. The van der Waals surface area contributed by atoms with E-state index in [0.29, 0.717) is 6.54 Å². The second-order valence-corrected chi connectivity index (χ2v) is 2.94. The molecule has 0 radical (unpaired) electrons. The zero-order valence-electron chi connectivity index (χ0n) is 8.37. The highest BCUT2D eigenvalue weighted by Gasteiger charge is 2.40. The standard InChI is InChI=1S/C7H8O.C2H5N3O2/c1-8-7-5-3-2-4-6-7;3-2-1-4(2)5(6)7/h2-6H,1H3;2H,1,3H2. The number of methoxy groups -OCH3 is 1. The molecule has 0 amide bonds. The van der Waals surface area contributed by atoms with E-state index in [1.807, 2.05) is 30.3 Å². The van der Waals surface area contributed by atoms with Crippen LogP contribution in [0.1, 0.15) is 0 Å². The van der Waals surface area contributed by atoms with Crippen molar-refractivity contribution in [3.63, 3.8) is 0 Å². The van der Waals surface area contributed by atoms with Gasteiger partial charge in [0, 0.05) is 0 Å². The Kier molecular flexibility index (Phi) is 3.87. The lowest BCUT2D eigenvalue weighted by Gasteiger charge is -1.93. The Balaban J connectivity index is 0.000000151. The zero-order chi connectivity index (χ0) is 11.3. The first kappa shape index (κ1) is 11.3. The summed E-state index contributed by atoms with van der Waals surface area (Å²) in [6, 6.07) is 9.68. The Morgan fingerprint density at radius 2 is 2.07 bits per heavy atom. The van der Waals surface area contributed by atoms with Crippen LogP contribution in [-0.4, -0.2) is 29.9 Å². The molecule has 1 aliphatic heterocycles. The Hall–Kier alpha value is -1.82. The molecule has 1 heterocycles. The molecule has 0 bridgehead atoms. The van der Waals surface area contributed by atoms with Gasteiger partial charge in [-0.3, -0.25) is 0 Å². The Morgan fingerprint density at radius 3 is 2.27 bits per heavy atom. The molecule has 1 saturated heterocycles. The highest BCUT2D eigenvalue weighted by atomic mass is 16.7. The molecule has 0 spiro atoms. The fourth-order valence-corrected chi connectivity index (χ4v) is 0.889. The van der Waals surface area contributed by atoms with E-state index in [-0.39, 0.29) is 6.17 Å². The molecule has 1 aromatic carbocycles. The molecule has 0 aliphatic carbocycles. The predicted molar refractivity (Wildman–Crippen MR) is 54.7 cm³/mol. The fourth-order valence-electron chi connectivity index (χ4n) is 0.889. The first-order valence-electron chi connectivity index (χ1n) is 4.40. The van der Waals surface area contributed by atoms with Crippen molar-refractivity contribution in [3.8, 4) is 5.75 Å². The van der Waals surface area contributed by atoms with Crippen LogP contribution in [0.3, 0.4) is 0 Å². The van der Waals surface area contributed by atoms with Crippen molar-refractivity contribution >= 4 is 0 Å². The number of hydrogen-bond donors (Lipinski definition) is 1. The lowest BCUT2D eigenvalue weighted by Crippen LogP contribution is -2.15. The van der Waals surface area contributed by atoms with Gasteiger partial charge in [0.1, 0.15) is 12.3 Å². The van der Waals surface area contributed by atoms with Crippen LogP contribution >= 0.6 is 0 Å². The normalized spacial score (nSPS) is 17.5. The maximum Gasteiger partial charge on any atom is 0.161 e. The van der Waals surface area contributed by atoms with Gasteiger partial charge in [0.05, 0.1) is 7.11 Å². The third-order valence-electron chi connectivity index (χ3n) is 1.81. The Morgan fingerprint density at radius 1 is 1.53 bits per heavy atom. The van der Waals surface area contributed by atoms with Crippen LogP contribution in [0, 0.1) is 10.1 Å². The molecule has 1 aromatic rings. The molecule has 6 nitrogen and oxygen atoms in total. The van der Waals surface area contributed by atoms with Crippen LogP contribution in [0.2, 0.25) is 0 Å². The fraction of sp³-hybridized carbons (Fsp3) is 0.333. The summed E-state index contributed by atoms with van der Waals surface area (Å²) in [5, 5.41) is 10.1. The number of nitro groups is 1. The van der Waals surface area contributed by atoms with Gasteiger partial charge in [0.2, 0.25) is 0 Å². The van der Waals surface area contributed by atoms with E-state index in [1.54, 1.807) is 7.11 Å². The summed E-state index contributed by atoms with van der Waals surface area (Å²) in [6.07, 6.45) is -0.324. The summed E-state index contributed by atoms with van der Waals surface area (Å²) >= 11 is 0. The topological polar surface area (TPSA) is 81.4 Å². The molecule has 2 rings (SSSR count). The van der Waals surface area contributed by atoms with Crippen molar-refractivity contribution in [2.75, 3.05) is 13.7 Å². The molecule has 0 aromatic heterocycles. The molecule has 2 N–H and O–H groups in total. The molecule has 1 fully saturated rings. The largest absolute Gasteiger partial charge is 0.497 e. The summed E-state index contributed by atoms with van der Waals surface area (Å²) in [6.45, 7) is 0.396. The molecular formula is C9H13N3O3. The summed E-state index contributed by atoms with van der Waals surface area (Å²) in [5.41, 5.74) is 5.05. The second-order valence-electron chi connectivity index (χ2n) is 2.94. The monoisotopic (exact) mass is 211 g/mol. The van der Waals surface area contributed by atoms with Crippen molar-refractivity contribution in [3.05, 3.63) is 40.4 Å². The number of rotatable bonds is 2. The van der Waals surface area contributed by atoms with Gasteiger partial charge in [-0.1, -0.05) is 18.2 Å². The minimum atomic E-state index is -0.495. The van der Waals surface area contributed by atoms with Gasteiger partial charge in [-0.2, -0.15) is 0 Å². The van der Waals surface area contributed by atoms with Crippen LogP contribution in [-0.2, 0) is 0 Å². The Bertz CT molecular complexity index is 318. The average molecular weight is 211 g/mol. The molecule has 6 heteroatoms. The van der Waals surface area contributed by atoms with Crippen LogP contribution in [0.4, 0.5) is 0 Å². The van der Waals surface area contributed by atoms with Gasteiger partial charge in [0.25, 0.3) is 0 Å². The minimum absolute atomic E-state index is 0.324. The molecule has 1 aliphatic rings. The Labute approximate surface area is 87.4 Å². The molecular weight excluding hydrogens is 198 g/mol. The number of hydrogen-bond acceptors (Lipinski definition) is 4. The van der Waals surface area contributed by atoms with Crippen molar-refractivity contribution in [2.24, 2.45) is 5.73 Å². The summed E-state index contributed by atoms with van der Waals surface area (Å²) in [4.78, 5) is 9.62. The van der Waals surface area contributed by atoms with Gasteiger partial charge in [-0.15, -0.1) is 5.01 Å². The smallest absolute Gasteiger partial charge is 0.161 e. The van der Waals surface area contributed by atoms with E-state index in [1.165, 1.54) is 0 Å². The number of nitrogens with zero attached hydrogens (tertiary/aromatic N) is 2. The molecule has 1 atom stereocenters. The van der Waals surface area contributed by atoms with Gasteiger partial charge < -0.3 is 10.5 Å². The summed E-state index contributed by atoms with van der Waals surface area (Å²) in [5.74, 6) is 0.910. The van der Waals surface area contributed by atoms with Crippen molar-refractivity contribution in [2.45, 2.75) is 6.17 Å². The SMILES string of the molecule is COc1ccccc1.NC1CN1[N+](=O)[O-]. The minimum Gasteiger partial charge on any atom is -0.497 e. The quantitative estimate of drug-likeness (QED) is 0.437. The van der Waals surface area contributed by atoms with Gasteiger partial charge >= 0.3 is 0 Å². The van der Waals surface area contributed by atoms with Gasteiger partial charge in [-0.05, 0) is 12.1 Å². The van der Waals surface area contributed by atoms with E-state index in [4.69, 9.17) is 10.5 Å². The van der Waals surface area contributed by atoms with Crippen LogP contribution in [0.15, 0.2) is 30.3 Å². The van der Waals surface area contributed by atoms with E-state index in [9.17, 15) is 10.1 Å². The lowest BCUT2D eigenvalue weighted by atomic mass is 10.3. The number of hydrazine groups is 1. The summed E-state index contributed by atoms with van der Waals surface area (Å²) in [7, 11) is 1.66. The van der Waals surface area contributed by atoms with Crippen LogP contribution in [0.25, 0.3) is 0 Å². The van der Waals surface area contributed by atoms with Crippen LogP contribution in [0.5, 0.6) is 5.75 Å². The number of nitrogens with two attached hydrogens (primary N) is 1. The van der Waals surface area contributed by atoms with Crippen LogP contribution < -0.4 is 10.5 Å². The highest BCUT2D eigenvalue weighted by Crippen LogP contribution is 2.08. The van der Waals surface area contributed by atoms with Gasteiger partial charge in [0.15, 0.2) is 11.2 Å². The number of benzene rings is 1. The lowest BCUT2D eigenvalue weighted by molar-refractivity contribution is -0.620. The molecule has 82 valence electrons. The highest BCUT2D eigenvalue weighted by molar-refractivity contribution is 5.20. The van der Waals surface area contributed by atoms with E-state index in [0.717, 1.165) is 10.8 Å². The summed E-state index contributed by atoms with van der Waals surface area (Å²) < 4.78 is 4.91. The van der Waals surface area contributed by atoms with Gasteiger partial charge in [-0.25, -0.2) is 10.1 Å². The predicted octanol–water partition coefficient (Wildman–Crippen LogP) is 0.474. The first-order valence-corrected chi connectivity index (χ1v) is 4.40.